The van der Waals surface area contributed by atoms with Gasteiger partial charge in [-0.05, 0) is 47.5 Å². The van der Waals surface area contributed by atoms with Gasteiger partial charge < -0.3 is 4.90 Å². The molecule has 1 fully saturated rings. The van der Waals surface area contributed by atoms with Gasteiger partial charge in [0.1, 0.15) is 5.54 Å². The van der Waals surface area contributed by atoms with Crippen molar-refractivity contribution in [3.05, 3.63) is 0 Å². The maximum Gasteiger partial charge on any atom is 0.246 e. The minimum absolute atomic E-state index is 0.0382. The van der Waals surface area contributed by atoms with Crippen LogP contribution in [0.2, 0.25) is 0 Å². The molecule has 0 atom stereocenters. The van der Waals surface area contributed by atoms with Crippen LogP contribution in [0.15, 0.2) is 0 Å². The first-order valence-electron chi connectivity index (χ1n) is 8.82. The topological polar surface area (TPSA) is 43.5 Å². The second-order valence-electron chi connectivity index (χ2n) is 8.41. The summed E-state index contributed by atoms with van der Waals surface area (Å²) in [6, 6.07) is 0. The van der Waals surface area contributed by atoms with Crippen LogP contribution in [0, 0.1) is 0 Å². The maximum atomic E-state index is 13.3. The van der Waals surface area contributed by atoms with Crippen molar-refractivity contribution in [2.45, 2.75) is 104 Å². The van der Waals surface area contributed by atoms with Crippen LogP contribution in [-0.4, -0.2) is 39.0 Å². The van der Waals surface area contributed by atoms with Gasteiger partial charge in [0.2, 0.25) is 5.91 Å². The third-order valence-corrected chi connectivity index (χ3v) is 4.82. The fourth-order valence-electron chi connectivity index (χ4n) is 3.46. The van der Waals surface area contributed by atoms with Gasteiger partial charge in [0, 0.05) is 12.1 Å². The predicted molar refractivity (Wildman–Crippen MR) is 89.9 cm³/mol. The number of unbranched alkanes of at least 4 members (excludes halogenated alkanes) is 2. The quantitative estimate of drug-likeness (QED) is 0.739. The van der Waals surface area contributed by atoms with Crippen LogP contribution < -0.4 is 0 Å². The van der Waals surface area contributed by atoms with E-state index in [1.165, 1.54) is 0 Å². The Balaban J connectivity index is 3.29. The van der Waals surface area contributed by atoms with E-state index in [0.717, 1.165) is 30.7 Å². The Morgan fingerprint density at radius 1 is 1.05 bits per heavy atom. The Bertz CT molecular complexity index is 377. The molecule has 22 heavy (non-hydrogen) atoms. The van der Waals surface area contributed by atoms with E-state index in [0.29, 0.717) is 19.4 Å². The molecule has 129 valence electrons. The molecular formula is C18H35N2O2. The third kappa shape index (κ3) is 3.65. The molecule has 1 rings (SSSR count). The Morgan fingerprint density at radius 2 is 1.50 bits per heavy atom. The lowest BCUT2D eigenvalue weighted by Gasteiger charge is -2.56. The minimum atomic E-state index is -0.874. The van der Waals surface area contributed by atoms with Gasteiger partial charge in [0.15, 0.2) is 0 Å². The van der Waals surface area contributed by atoms with Gasteiger partial charge >= 0.3 is 0 Å². The number of carbonyl (C=O) groups is 1. The zero-order valence-corrected chi connectivity index (χ0v) is 15.7. The number of carbonyl (C=O) groups excluding carboxylic acids is 1. The largest absolute Gasteiger partial charge is 0.334 e. The standard InChI is InChI=1S/C18H35N2O2/c1-8-10-12-18(13-11-9-2)15(21)19(16(3,4)5)14-17(6,7)20(18)22/h8-14H2,1-7H3. The van der Waals surface area contributed by atoms with E-state index in [4.69, 9.17) is 0 Å². The van der Waals surface area contributed by atoms with E-state index in [9.17, 15) is 10.0 Å². The normalized spacial score (nSPS) is 22.2. The number of hydrogen-bond acceptors (Lipinski definition) is 2. The summed E-state index contributed by atoms with van der Waals surface area (Å²) >= 11 is 0. The predicted octanol–water partition coefficient (Wildman–Crippen LogP) is 4.17. The van der Waals surface area contributed by atoms with Crippen LogP contribution in [0.3, 0.4) is 0 Å². The van der Waals surface area contributed by atoms with Crippen molar-refractivity contribution in [3.8, 4) is 0 Å². The van der Waals surface area contributed by atoms with Crippen LogP contribution in [0.1, 0.15) is 87.0 Å². The highest BCUT2D eigenvalue weighted by molar-refractivity contribution is 5.88. The lowest BCUT2D eigenvalue weighted by Crippen LogP contribution is -2.74. The van der Waals surface area contributed by atoms with E-state index in [1.807, 2.05) is 18.7 Å². The summed E-state index contributed by atoms with van der Waals surface area (Å²) in [5, 5.41) is 14.3. The van der Waals surface area contributed by atoms with Crippen molar-refractivity contribution in [1.29, 1.82) is 0 Å². The Morgan fingerprint density at radius 3 is 1.86 bits per heavy atom. The second-order valence-corrected chi connectivity index (χ2v) is 8.41. The van der Waals surface area contributed by atoms with Gasteiger partial charge in [-0.15, -0.1) is 10.3 Å². The number of nitrogens with zero attached hydrogens (tertiary/aromatic N) is 2. The minimum Gasteiger partial charge on any atom is -0.334 e. The molecule has 0 aromatic carbocycles. The van der Waals surface area contributed by atoms with Gasteiger partial charge in [-0.1, -0.05) is 39.5 Å². The molecule has 1 saturated heterocycles. The molecule has 1 heterocycles. The molecule has 0 aliphatic carbocycles. The van der Waals surface area contributed by atoms with Crippen molar-refractivity contribution in [2.75, 3.05) is 6.54 Å². The number of amides is 1. The lowest BCUT2D eigenvalue weighted by atomic mass is 9.78. The number of rotatable bonds is 6. The molecule has 0 unspecified atom stereocenters. The summed E-state index contributed by atoms with van der Waals surface area (Å²) in [5.41, 5.74) is -1.66. The van der Waals surface area contributed by atoms with Gasteiger partial charge in [0.05, 0.1) is 5.54 Å². The van der Waals surface area contributed by atoms with Crippen LogP contribution in [0.5, 0.6) is 0 Å². The lowest BCUT2D eigenvalue weighted by molar-refractivity contribution is -0.299. The van der Waals surface area contributed by atoms with E-state index < -0.39 is 11.1 Å². The van der Waals surface area contributed by atoms with Crippen LogP contribution in [0.4, 0.5) is 0 Å². The Labute approximate surface area is 136 Å². The molecule has 1 aliphatic rings. The number of hydroxylamine groups is 2. The molecule has 0 N–H and O–H groups in total. The number of piperazine rings is 1. The molecule has 0 spiro atoms. The first-order valence-corrected chi connectivity index (χ1v) is 8.82. The van der Waals surface area contributed by atoms with Gasteiger partial charge in [-0.25, -0.2) is 0 Å². The number of hydrogen-bond donors (Lipinski definition) is 0. The van der Waals surface area contributed by atoms with Crippen molar-refractivity contribution in [3.63, 3.8) is 0 Å². The Kier molecular flexibility index (Phi) is 6.07. The highest BCUT2D eigenvalue weighted by Gasteiger charge is 2.57. The molecule has 0 aromatic rings. The molecule has 4 heteroatoms. The molecule has 1 amide bonds. The van der Waals surface area contributed by atoms with Crippen molar-refractivity contribution < 1.29 is 10.0 Å². The van der Waals surface area contributed by atoms with Crippen molar-refractivity contribution >= 4 is 5.91 Å². The molecular weight excluding hydrogens is 276 g/mol. The third-order valence-electron chi connectivity index (χ3n) is 4.82. The summed E-state index contributed by atoms with van der Waals surface area (Å²) in [6.07, 6.45) is 5.18. The zero-order valence-electron chi connectivity index (χ0n) is 15.7. The molecule has 0 aromatic heterocycles. The molecule has 0 bridgehead atoms. The van der Waals surface area contributed by atoms with Crippen molar-refractivity contribution in [1.82, 2.24) is 9.96 Å². The molecule has 4 nitrogen and oxygen atoms in total. The smallest absolute Gasteiger partial charge is 0.246 e. The summed E-state index contributed by atoms with van der Waals surface area (Å²) in [4.78, 5) is 15.2. The summed E-state index contributed by atoms with van der Waals surface area (Å²) in [7, 11) is 0. The molecule has 0 saturated carbocycles. The summed E-state index contributed by atoms with van der Waals surface area (Å²) < 4.78 is 0. The fourth-order valence-corrected chi connectivity index (χ4v) is 3.46. The highest BCUT2D eigenvalue weighted by atomic mass is 16.5. The molecule has 1 aliphatic heterocycles. The van der Waals surface area contributed by atoms with Crippen LogP contribution in [0.25, 0.3) is 0 Å². The van der Waals surface area contributed by atoms with Gasteiger partial charge in [0.25, 0.3) is 0 Å². The van der Waals surface area contributed by atoms with Crippen molar-refractivity contribution in [2.24, 2.45) is 0 Å². The first kappa shape index (κ1) is 19.4. The second kappa shape index (κ2) is 6.88. The average Bonchev–Trinajstić information content (AvgIpc) is 2.42. The van der Waals surface area contributed by atoms with E-state index in [-0.39, 0.29) is 11.4 Å². The SMILES string of the molecule is CCCCC1(CCCC)C(=O)N(C(C)(C)C)CC(C)(C)N1[O]. The van der Waals surface area contributed by atoms with Crippen LogP contribution in [-0.2, 0) is 10.0 Å². The van der Waals surface area contributed by atoms with Gasteiger partial charge in [-0.3, -0.25) is 4.79 Å². The van der Waals surface area contributed by atoms with Crippen LogP contribution >= 0.6 is 0 Å². The summed E-state index contributed by atoms with van der Waals surface area (Å²) in [5.74, 6) is 0.0382. The zero-order chi connectivity index (χ0) is 17.2. The van der Waals surface area contributed by atoms with E-state index >= 15 is 0 Å². The van der Waals surface area contributed by atoms with Gasteiger partial charge in [-0.2, -0.15) is 0 Å². The molecule has 1 radical (unpaired) electrons. The monoisotopic (exact) mass is 311 g/mol. The maximum absolute atomic E-state index is 13.3. The van der Waals surface area contributed by atoms with E-state index in [1.54, 1.807) is 0 Å². The van der Waals surface area contributed by atoms with E-state index in [2.05, 4.69) is 34.6 Å². The summed E-state index contributed by atoms with van der Waals surface area (Å²) in [6.45, 7) is 14.9. The first-order chi connectivity index (χ1) is 10.0. The highest BCUT2D eigenvalue weighted by Crippen LogP contribution is 2.41. The fraction of sp³-hybridized carbons (Fsp3) is 0.944. The average molecular weight is 311 g/mol. The Hall–Kier alpha value is -0.610.